The van der Waals surface area contributed by atoms with E-state index in [0.717, 1.165) is 16.1 Å². The standard InChI is InChI=1S/C30H34Cl3N3O5S/c1-5-20(2)34-30(38)27(15-21-9-7-6-8-10-21)35(18-22-11-12-23(31)16-25(22)32)29(37)19-36(42(4,39)40)24-13-14-28(41-3)26(33)17-24/h6-14,16-17,20,27H,5,15,18-19H2,1-4H3,(H,34,38)/t20-,27+/m1/s1. The van der Waals surface area contributed by atoms with Crippen molar-refractivity contribution in [2.45, 2.75) is 45.3 Å². The van der Waals surface area contributed by atoms with Crippen molar-refractivity contribution in [3.8, 4) is 5.75 Å². The molecule has 0 spiro atoms. The Bertz CT molecular complexity index is 1510. The first-order valence-corrected chi connectivity index (χ1v) is 16.2. The third-order valence-electron chi connectivity index (χ3n) is 6.73. The van der Waals surface area contributed by atoms with E-state index in [-0.39, 0.29) is 35.6 Å². The second-order valence-corrected chi connectivity index (χ2v) is 13.0. The molecule has 1 N–H and O–H groups in total. The first kappa shape index (κ1) is 33.5. The van der Waals surface area contributed by atoms with Gasteiger partial charge in [0.25, 0.3) is 0 Å². The lowest BCUT2D eigenvalue weighted by Gasteiger charge is -2.34. The number of halogens is 3. The van der Waals surface area contributed by atoms with E-state index < -0.39 is 28.5 Å². The summed E-state index contributed by atoms with van der Waals surface area (Å²) >= 11 is 18.9. The van der Waals surface area contributed by atoms with Gasteiger partial charge in [0, 0.05) is 29.1 Å². The average Bonchev–Trinajstić information content (AvgIpc) is 2.94. The summed E-state index contributed by atoms with van der Waals surface area (Å²) in [5, 5.41) is 3.88. The highest BCUT2D eigenvalue weighted by Crippen LogP contribution is 2.31. The smallest absolute Gasteiger partial charge is 0.244 e. The summed E-state index contributed by atoms with van der Waals surface area (Å²) in [7, 11) is -2.51. The SMILES string of the molecule is CC[C@@H](C)NC(=O)[C@H](Cc1ccccc1)N(Cc1ccc(Cl)cc1Cl)C(=O)CN(c1ccc(OC)c(Cl)c1)S(C)(=O)=O. The number of nitrogens with one attached hydrogen (secondary N) is 1. The number of nitrogens with zero attached hydrogens (tertiary/aromatic N) is 2. The number of rotatable bonds is 13. The number of benzene rings is 3. The molecule has 0 unspecified atom stereocenters. The summed E-state index contributed by atoms with van der Waals surface area (Å²) in [6.45, 7) is 3.16. The maximum atomic E-state index is 14.2. The van der Waals surface area contributed by atoms with Crippen LogP contribution in [0.3, 0.4) is 0 Å². The van der Waals surface area contributed by atoms with E-state index in [1.807, 2.05) is 44.2 Å². The zero-order valence-corrected chi connectivity index (χ0v) is 26.9. The van der Waals surface area contributed by atoms with Gasteiger partial charge in [0.05, 0.1) is 24.1 Å². The van der Waals surface area contributed by atoms with Gasteiger partial charge in [0.1, 0.15) is 18.3 Å². The number of carbonyl (C=O) groups excluding carboxylic acids is 2. The van der Waals surface area contributed by atoms with E-state index in [9.17, 15) is 18.0 Å². The molecule has 226 valence electrons. The van der Waals surface area contributed by atoms with Crippen LogP contribution in [-0.2, 0) is 32.6 Å². The highest BCUT2D eigenvalue weighted by molar-refractivity contribution is 7.92. The Balaban J connectivity index is 2.10. The maximum Gasteiger partial charge on any atom is 0.244 e. The van der Waals surface area contributed by atoms with Gasteiger partial charge in [-0.2, -0.15) is 0 Å². The van der Waals surface area contributed by atoms with Crippen molar-refractivity contribution >= 4 is 62.3 Å². The van der Waals surface area contributed by atoms with Gasteiger partial charge in [-0.3, -0.25) is 13.9 Å². The molecule has 2 amide bonds. The minimum absolute atomic E-state index is 0.0682. The van der Waals surface area contributed by atoms with E-state index >= 15 is 0 Å². The van der Waals surface area contributed by atoms with Gasteiger partial charge >= 0.3 is 0 Å². The minimum atomic E-state index is -3.95. The van der Waals surface area contributed by atoms with Crippen molar-refractivity contribution in [3.63, 3.8) is 0 Å². The van der Waals surface area contributed by atoms with Crippen molar-refractivity contribution in [2.75, 3.05) is 24.2 Å². The largest absolute Gasteiger partial charge is 0.495 e. The number of anilines is 1. The zero-order valence-electron chi connectivity index (χ0n) is 23.8. The highest BCUT2D eigenvalue weighted by Gasteiger charge is 2.34. The molecule has 42 heavy (non-hydrogen) atoms. The molecule has 0 fully saturated rings. The lowest BCUT2D eigenvalue weighted by atomic mass is 10.0. The molecule has 0 bridgehead atoms. The second kappa shape index (κ2) is 15.0. The first-order chi connectivity index (χ1) is 19.8. The van der Waals surface area contributed by atoms with E-state index in [4.69, 9.17) is 39.5 Å². The predicted molar refractivity (Wildman–Crippen MR) is 169 cm³/mol. The Labute approximate surface area is 262 Å². The van der Waals surface area contributed by atoms with Crippen molar-refractivity contribution in [3.05, 3.63) is 92.9 Å². The minimum Gasteiger partial charge on any atom is -0.495 e. The van der Waals surface area contributed by atoms with Crippen molar-refractivity contribution in [1.29, 1.82) is 0 Å². The number of carbonyl (C=O) groups is 2. The number of ether oxygens (including phenoxy) is 1. The molecule has 0 heterocycles. The van der Waals surface area contributed by atoms with E-state index in [1.165, 1.54) is 30.2 Å². The Morgan fingerprint density at radius 3 is 2.24 bits per heavy atom. The quantitative estimate of drug-likeness (QED) is 0.245. The third-order valence-corrected chi connectivity index (χ3v) is 8.75. The van der Waals surface area contributed by atoms with Crippen molar-refractivity contribution in [1.82, 2.24) is 10.2 Å². The fraction of sp³-hybridized carbons (Fsp3) is 0.333. The van der Waals surface area contributed by atoms with Gasteiger partial charge in [-0.25, -0.2) is 8.42 Å². The molecule has 2 atom stereocenters. The van der Waals surface area contributed by atoms with Crippen LogP contribution in [0.1, 0.15) is 31.4 Å². The van der Waals surface area contributed by atoms with Gasteiger partial charge in [-0.05, 0) is 54.8 Å². The fourth-order valence-electron chi connectivity index (χ4n) is 4.25. The summed E-state index contributed by atoms with van der Waals surface area (Å²) in [6, 6.07) is 17.4. The number of sulfonamides is 1. The summed E-state index contributed by atoms with van der Waals surface area (Å²) in [6.07, 6.45) is 1.87. The van der Waals surface area contributed by atoms with Gasteiger partial charge < -0.3 is 15.0 Å². The summed E-state index contributed by atoms with van der Waals surface area (Å²) in [4.78, 5) is 29.3. The Hall–Kier alpha value is -2.98. The first-order valence-electron chi connectivity index (χ1n) is 13.2. The molecule has 0 saturated heterocycles. The zero-order chi connectivity index (χ0) is 31.0. The van der Waals surface area contributed by atoms with E-state index in [0.29, 0.717) is 27.8 Å². The number of hydrogen-bond donors (Lipinski definition) is 1. The molecule has 0 saturated carbocycles. The van der Waals surface area contributed by atoms with Crippen LogP contribution >= 0.6 is 34.8 Å². The Morgan fingerprint density at radius 2 is 1.67 bits per heavy atom. The number of amides is 2. The molecule has 0 aliphatic carbocycles. The lowest BCUT2D eigenvalue weighted by molar-refractivity contribution is -0.140. The maximum absolute atomic E-state index is 14.2. The van der Waals surface area contributed by atoms with Crippen LogP contribution in [0.4, 0.5) is 5.69 Å². The van der Waals surface area contributed by atoms with Gasteiger partial charge in [-0.1, -0.05) is 78.1 Å². The molecule has 0 radical (unpaired) electrons. The molecular weight excluding hydrogens is 621 g/mol. The second-order valence-electron chi connectivity index (χ2n) is 9.87. The average molecular weight is 655 g/mol. The van der Waals surface area contributed by atoms with Crippen LogP contribution in [0, 0.1) is 0 Å². The molecule has 12 heteroatoms. The monoisotopic (exact) mass is 653 g/mol. The summed E-state index contributed by atoms with van der Waals surface area (Å²) in [5.41, 5.74) is 1.54. The van der Waals surface area contributed by atoms with Gasteiger partial charge in [0.15, 0.2) is 0 Å². The van der Waals surface area contributed by atoms with Crippen LogP contribution in [0.15, 0.2) is 66.7 Å². The fourth-order valence-corrected chi connectivity index (χ4v) is 5.81. The summed E-state index contributed by atoms with van der Waals surface area (Å²) in [5.74, 6) is -0.632. The van der Waals surface area contributed by atoms with Crippen LogP contribution in [0.25, 0.3) is 0 Å². The predicted octanol–water partition coefficient (Wildman–Crippen LogP) is 5.98. The van der Waals surface area contributed by atoms with Crippen LogP contribution in [0.2, 0.25) is 15.1 Å². The molecule has 0 aliphatic rings. The van der Waals surface area contributed by atoms with Crippen LogP contribution in [0.5, 0.6) is 5.75 Å². The van der Waals surface area contributed by atoms with Gasteiger partial charge in [0.2, 0.25) is 21.8 Å². The van der Waals surface area contributed by atoms with Crippen LogP contribution in [-0.4, -0.2) is 57.1 Å². The molecule has 8 nitrogen and oxygen atoms in total. The number of methoxy groups -OCH3 is 1. The molecule has 0 aromatic heterocycles. The summed E-state index contributed by atoms with van der Waals surface area (Å²) < 4.78 is 32.0. The van der Waals surface area contributed by atoms with E-state index in [2.05, 4.69) is 5.32 Å². The van der Waals surface area contributed by atoms with Crippen molar-refractivity contribution < 1.29 is 22.7 Å². The lowest BCUT2D eigenvalue weighted by Crippen LogP contribution is -2.54. The molecule has 3 rings (SSSR count). The third kappa shape index (κ3) is 9.01. The number of hydrogen-bond acceptors (Lipinski definition) is 5. The molecule has 0 aliphatic heterocycles. The molecule has 3 aromatic rings. The van der Waals surface area contributed by atoms with Gasteiger partial charge in [-0.15, -0.1) is 0 Å². The van der Waals surface area contributed by atoms with E-state index in [1.54, 1.807) is 18.2 Å². The van der Waals surface area contributed by atoms with Crippen LogP contribution < -0.4 is 14.4 Å². The normalized spacial score (nSPS) is 12.7. The molecular formula is C30H34Cl3N3O5S. The molecule has 3 aromatic carbocycles. The Morgan fingerprint density at radius 1 is 0.976 bits per heavy atom. The highest BCUT2D eigenvalue weighted by atomic mass is 35.5. The Kier molecular flexibility index (Phi) is 11.9. The van der Waals surface area contributed by atoms with Crippen molar-refractivity contribution in [2.24, 2.45) is 0 Å². The topological polar surface area (TPSA) is 96.0 Å².